The monoisotopic (exact) mass is 339 g/mol. The fourth-order valence-corrected chi connectivity index (χ4v) is 4.30. The second-order valence-corrected chi connectivity index (χ2v) is 6.75. The molecule has 23 heavy (non-hydrogen) atoms. The molecule has 0 amide bonds. The Kier molecular flexibility index (Phi) is 3.45. The molecule has 0 N–H and O–H groups in total. The van der Waals surface area contributed by atoms with Crippen molar-refractivity contribution in [1.29, 1.82) is 5.26 Å². The number of rotatable bonds is 3. The van der Waals surface area contributed by atoms with E-state index in [4.69, 9.17) is 0 Å². The van der Waals surface area contributed by atoms with Crippen molar-refractivity contribution in [3.8, 4) is 27.9 Å². The van der Waals surface area contributed by atoms with Crippen LogP contribution in [0, 0.1) is 17.1 Å². The van der Waals surface area contributed by atoms with Gasteiger partial charge in [-0.3, -0.25) is 4.40 Å². The highest BCUT2D eigenvalue weighted by Crippen LogP contribution is 2.34. The lowest BCUT2D eigenvalue weighted by Gasteiger charge is -2.03. The summed E-state index contributed by atoms with van der Waals surface area (Å²) in [6.07, 6.45) is 0.253. The van der Waals surface area contributed by atoms with E-state index in [2.05, 4.69) is 22.5 Å². The van der Waals surface area contributed by atoms with E-state index in [0.29, 0.717) is 0 Å². The van der Waals surface area contributed by atoms with Crippen molar-refractivity contribution in [2.24, 2.45) is 0 Å². The van der Waals surface area contributed by atoms with Gasteiger partial charge >= 0.3 is 0 Å². The maximum atomic E-state index is 13.2. The second-order valence-electron chi connectivity index (χ2n) is 4.97. The van der Waals surface area contributed by atoms with E-state index in [-0.39, 0.29) is 12.2 Å². The van der Waals surface area contributed by atoms with E-state index in [9.17, 15) is 9.65 Å². The van der Waals surface area contributed by atoms with Gasteiger partial charge in [0.1, 0.15) is 5.82 Å². The van der Waals surface area contributed by atoms with Crippen molar-refractivity contribution in [2.45, 2.75) is 6.42 Å². The van der Waals surface area contributed by atoms with Crippen LogP contribution in [0.2, 0.25) is 0 Å². The van der Waals surface area contributed by atoms with Crippen molar-refractivity contribution in [3.63, 3.8) is 0 Å². The molecular formula is C17H10FN3S2. The third kappa shape index (κ3) is 2.34. The molecule has 0 spiro atoms. The molecule has 0 aliphatic rings. The molecule has 3 heterocycles. The summed E-state index contributed by atoms with van der Waals surface area (Å²) in [5, 5.41) is 13.3. The van der Waals surface area contributed by atoms with E-state index in [1.54, 1.807) is 34.8 Å². The molecule has 3 nitrogen and oxygen atoms in total. The van der Waals surface area contributed by atoms with Gasteiger partial charge in [0.2, 0.25) is 0 Å². The van der Waals surface area contributed by atoms with E-state index < -0.39 is 0 Å². The molecule has 0 saturated heterocycles. The van der Waals surface area contributed by atoms with Gasteiger partial charge in [-0.05, 0) is 35.7 Å². The maximum Gasteiger partial charge on any atom is 0.195 e. The van der Waals surface area contributed by atoms with Gasteiger partial charge in [0.15, 0.2) is 4.96 Å². The molecule has 112 valence electrons. The number of hydrogen-bond donors (Lipinski definition) is 0. The van der Waals surface area contributed by atoms with Crippen LogP contribution in [0.3, 0.4) is 0 Å². The maximum absolute atomic E-state index is 13.2. The van der Waals surface area contributed by atoms with Crippen molar-refractivity contribution in [2.75, 3.05) is 0 Å². The van der Waals surface area contributed by atoms with Gasteiger partial charge in [-0.15, -0.1) is 22.7 Å². The Hall–Kier alpha value is -2.49. The summed E-state index contributed by atoms with van der Waals surface area (Å²) >= 11 is 3.20. The van der Waals surface area contributed by atoms with Crippen LogP contribution < -0.4 is 0 Å². The Labute approximate surface area is 139 Å². The van der Waals surface area contributed by atoms with Crippen LogP contribution in [0.4, 0.5) is 4.39 Å². The highest BCUT2D eigenvalue weighted by Gasteiger charge is 2.19. The number of fused-ring (bicyclic) bond motifs is 1. The number of imidazole rings is 1. The smallest absolute Gasteiger partial charge is 0.195 e. The first-order valence-electron chi connectivity index (χ1n) is 6.93. The number of nitriles is 1. The standard InChI is InChI=1S/C17H10FN3S2/c18-12-5-3-11(4-6-12)16-13(7-8-19)21-14(10-23-17(21)20-16)15-2-1-9-22-15/h1-6,9-10H,7H2. The molecule has 0 saturated carbocycles. The summed E-state index contributed by atoms with van der Waals surface area (Å²) in [6.45, 7) is 0. The van der Waals surface area contributed by atoms with Crippen LogP contribution in [0.15, 0.2) is 47.2 Å². The van der Waals surface area contributed by atoms with Gasteiger partial charge < -0.3 is 0 Å². The van der Waals surface area contributed by atoms with E-state index >= 15 is 0 Å². The SMILES string of the molecule is N#CCc1c(-c2ccc(F)cc2)nc2scc(-c3cccs3)n12. The summed E-state index contributed by atoms with van der Waals surface area (Å²) in [5.41, 5.74) is 3.46. The van der Waals surface area contributed by atoms with Gasteiger partial charge in [0.05, 0.1) is 34.4 Å². The van der Waals surface area contributed by atoms with Gasteiger partial charge in [0.25, 0.3) is 0 Å². The number of hydrogen-bond acceptors (Lipinski definition) is 4. The van der Waals surface area contributed by atoms with Crippen LogP contribution in [-0.4, -0.2) is 9.38 Å². The third-order valence-electron chi connectivity index (χ3n) is 3.60. The molecule has 0 atom stereocenters. The molecular weight excluding hydrogens is 329 g/mol. The lowest BCUT2D eigenvalue weighted by Crippen LogP contribution is -1.94. The number of benzene rings is 1. The summed E-state index contributed by atoms with van der Waals surface area (Å²) < 4.78 is 15.2. The molecule has 0 unspecified atom stereocenters. The summed E-state index contributed by atoms with van der Waals surface area (Å²) in [4.78, 5) is 6.66. The van der Waals surface area contributed by atoms with Crippen LogP contribution in [0.1, 0.15) is 5.69 Å². The minimum Gasteiger partial charge on any atom is -0.285 e. The molecule has 0 fully saturated rings. The predicted octanol–water partition coefficient (Wildman–Crippen LogP) is 5.00. The molecule has 1 aromatic carbocycles. The normalized spacial score (nSPS) is 11.0. The highest BCUT2D eigenvalue weighted by atomic mass is 32.1. The quantitative estimate of drug-likeness (QED) is 0.527. The zero-order chi connectivity index (χ0) is 15.8. The Morgan fingerprint density at radius 1 is 1.17 bits per heavy atom. The lowest BCUT2D eigenvalue weighted by atomic mass is 10.1. The van der Waals surface area contributed by atoms with Crippen LogP contribution in [0.25, 0.3) is 26.8 Å². The first-order valence-corrected chi connectivity index (χ1v) is 8.69. The van der Waals surface area contributed by atoms with Gasteiger partial charge in [-0.1, -0.05) is 6.07 Å². The fraction of sp³-hybridized carbons (Fsp3) is 0.0588. The first kappa shape index (κ1) is 14.1. The molecule has 3 aromatic heterocycles. The summed E-state index contributed by atoms with van der Waals surface area (Å²) in [7, 11) is 0. The zero-order valence-corrected chi connectivity index (χ0v) is 13.5. The molecule has 0 aliphatic heterocycles. The van der Waals surface area contributed by atoms with Gasteiger partial charge in [0, 0.05) is 10.9 Å². The van der Waals surface area contributed by atoms with E-state index in [1.165, 1.54) is 12.1 Å². The van der Waals surface area contributed by atoms with Crippen LogP contribution >= 0.6 is 22.7 Å². The Morgan fingerprint density at radius 3 is 2.70 bits per heavy atom. The molecule has 0 aliphatic carbocycles. The molecule has 4 rings (SSSR count). The number of thiophene rings is 1. The largest absolute Gasteiger partial charge is 0.285 e. The van der Waals surface area contributed by atoms with E-state index in [1.807, 2.05) is 15.8 Å². The number of nitrogens with zero attached hydrogens (tertiary/aromatic N) is 3. The highest BCUT2D eigenvalue weighted by molar-refractivity contribution is 7.17. The molecule has 4 aromatic rings. The van der Waals surface area contributed by atoms with Crippen molar-refractivity contribution < 1.29 is 4.39 Å². The van der Waals surface area contributed by atoms with Crippen LogP contribution in [-0.2, 0) is 6.42 Å². The van der Waals surface area contributed by atoms with Crippen LogP contribution in [0.5, 0.6) is 0 Å². The van der Waals surface area contributed by atoms with Crippen molar-refractivity contribution >= 4 is 27.6 Å². The minimum absolute atomic E-state index is 0.253. The number of halogens is 1. The zero-order valence-electron chi connectivity index (χ0n) is 11.9. The second kappa shape index (κ2) is 5.61. The Bertz CT molecular complexity index is 1000. The summed E-state index contributed by atoms with van der Waals surface area (Å²) in [6, 6.07) is 12.5. The predicted molar refractivity (Wildman–Crippen MR) is 91.1 cm³/mol. The average molecular weight is 339 g/mol. The van der Waals surface area contributed by atoms with Crippen molar-refractivity contribution in [3.05, 3.63) is 58.7 Å². The molecule has 6 heteroatoms. The Morgan fingerprint density at radius 2 is 2.00 bits per heavy atom. The van der Waals surface area contributed by atoms with Gasteiger partial charge in [-0.2, -0.15) is 5.26 Å². The fourth-order valence-electron chi connectivity index (χ4n) is 2.59. The Balaban J connectivity index is 1.97. The lowest BCUT2D eigenvalue weighted by molar-refractivity contribution is 0.628. The molecule has 0 bridgehead atoms. The topological polar surface area (TPSA) is 41.1 Å². The molecule has 0 radical (unpaired) electrons. The van der Waals surface area contributed by atoms with Crippen molar-refractivity contribution in [1.82, 2.24) is 9.38 Å². The van der Waals surface area contributed by atoms with E-state index in [0.717, 1.165) is 32.5 Å². The first-order chi connectivity index (χ1) is 11.3. The minimum atomic E-state index is -0.282. The number of thiazole rings is 1. The number of aromatic nitrogens is 2. The summed E-state index contributed by atoms with van der Waals surface area (Å²) in [5.74, 6) is -0.282. The third-order valence-corrected chi connectivity index (χ3v) is 5.31. The van der Waals surface area contributed by atoms with Gasteiger partial charge in [-0.25, -0.2) is 9.37 Å². The average Bonchev–Trinajstić information content (AvgIpc) is 3.26.